The smallest absolute Gasteiger partial charge is 0.0112 e. The van der Waals surface area contributed by atoms with Gasteiger partial charge in [-0.25, -0.2) is 0 Å². The maximum Gasteiger partial charge on any atom is 0.0112 e. The summed E-state index contributed by atoms with van der Waals surface area (Å²) in [6, 6.07) is 6.89. The number of hydrogen-bond donors (Lipinski definition) is 1. The van der Waals surface area contributed by atoms with Crippen LogP contribution in [-0.4, -0.2) is 6.54 Å². The average Bonchev–Trinajstić information content (AvgIpc) is 2.29. The fraction of sp³-hybridized carbons (Fsp3) is 0.429. The van der Waals surface area contributed by atoms with Crippen molar-refractivity contribution in [3.63, 3.8) is 0 Å². The summed E-state index contributed by atoms with van der Waals surface area (Å²) in [5, 5.41) is 0. The monoisotopic (exact) mass is 201 g/mol. The molecule has 1 aromatic carbocycles. The van der Waals surface area contributed by atoms with Crippen LogP contribution in [-0.2, 0) is 12.8 Å². The Hall–Kier alpha value is -1.08. The van der Waals surface area contributed by atoms with Crippen LogP contribution in [0.5, 0.6) is 0 Å². The van der Waals surface area contributed by atoms with Crippen LogP contribution in [0.3, 0.4) is 0 Å². The first-order valence-corrected chi connectivity index (χ1v) is 5.86. The molecule has 0 spiro atoms. The Morgan fingerprint density at radius 1 is 1.33 bits per heavy atom. The van der Waals surface area contributed by atoms with E-state index in [1.165, 1.54) is 41.5 Å². The summed E-state index contributed by atoms with van der Waals surface area (Å²) in [6.07, 6.45) is 6.98. The third-order valence-corrected chi connectivity index (χ3v) is 3.18. The van der Waals surface area contributed by atoms with Crippen molar-refractivity contribution in [2.45, 2.75) is 32.6 Å². The first kappa shape index (κ1) is 10.4. The van der Waals surface area contributed by atoms with Gasteiger partial charge in [-0.1, -0.05) is 31.2 Å². The normalized spacial score (nSPS) is 17.9. The quantitative estimate of drug-likeness (QED) is 0.782. The molecule has 0 amide bonds. The molecule has 1 heteroatoms. The molecule has 0 fully saturated rings. The second-order valence-electron chi connectivity index (χ2n) is 4.16. The number of aryl methyl sites for hydroxylation is 2. The number of benzene rings is 1. The number of nitrogens with two attached hydrogens (primary N) is 1. The molecule has 0 saturated carbocycles. The number of fused-ring (bicyclic) bond motifs is 1. The van der Waals surface area contributed by atoms with Crippen molar-refractivity contribution in [2.24, 2.45) is 5.73 Å². The lowest BCUT2D eigenvalue weighted by Gasteiger charge is -2.20. The summed E-state index contributed by atoms with van der Waals surface area (Å²) >= 11 is 0. The predicted molar refractivity (Wildman–Crippen MR) is 65.8 cm³/mol. The Labute approximate surface area is 92.0 Å². The SMILES string of the molecule is CCc1ccc2c(c1)/C(=C/CN)CCC2. The molecule has 1 nitrogen and oxygen atoms in total. The number of hydrogen-bond acceptors (Lipinski definition) is 1. The molecule has 0 bridgehead atoms. The molecule has 15 heavy (non-hydrogen) atoms. The van der Waals surface area contributed by atoms with Gasteiger partial charge in [-0.2, -0.15) is 0 Å². The van der Waals surface area contributed by atoms with Gasteiger partial charge < -0.3 is 5.73 Å². The standard InChI is InChI=1S/C14H19N/c1-2-11-6-7-12-4-3-5-13(8-9-15)14(12)10-11/h6-8,10H,2-5,9,15H2,1H3/b13-8+. The summed E-state index contributed by atoms with van der Waals surface area (Å²) in [6.45, 7) is 2.86. The minimum atomic E-state index is 0.658. The van der Waals surface area contributed by atoms with Gasteiger partial charge in [0.25, 0.3) is 0 Å². The van der Waals surface area contributed by atoms with Crippen LogP contribution in [0.1, 0.15) is 36.5 Å². The van der Waals surface area contributed by atoms with Crippen LogP contribution < -0.4 is 5.73 Å². The van der Waals surface area contributed by atoms with Gasteiger partial charge in [-0.3, -0.25) is 0 Å². The van der Waals surface area contributed by atoms with Crippen LogP contribution in [0.4, 0.5) is 0 Å². The van der Waals surface area contributed by atoms with E-state index in [0.717, 1.165) is 6.42 Å². The van der Waals surface area contributed by atoms with Gasteiger partial charge in [-0.05, 0) is 47.9 Å². The first-order chi connectivity index (χ1) is 7.35. The molecule has 0 aromatic heterocycles. The zero-order valence-corrected chi connectivity index (χ0v) is 9.42. The highest BCUT2D eigenvalue weighted by atomic mass is 14.5. The maximum atomic E-state index is 5.61. The number of rotatable bonds is 2. The molecular weight excluding hydrogens is 182 g/mol. The van der Waals surface area contributed by atoms with Gasteiger partial charge >= 0.3 is 0 Å². The second-order valence-corrected chi connectivity index (χ2v) is 4.16. The summed E-state index contributed by atoms with van der Waals surface area (Å²) in [4.78, 5) is 0. The molecular formula is C14H19N. The van der Waals surface area contributed by atoms with Crippen LogP contribution in [0.25, 0.3) is 5.57 Å². The first-order valence-electron chi connectivity index (χ1n) is 5.86. The van der Waals surface area contributed by atoms with Crippen molar-refractivity contribution in [3.8, 4) is 0 Å². The van der Waals surface area contributed by atoms with E-state index in [2.05, 4.69) is 31.2 Å². The van der Waals surface area contributed by atoms with Gasteiger partial charge in [0.05, 0.1) is 0 Å². The second kappa shape index (κ2) is 4.63. The lowest BCUT2D eigenvalue weighted by Crippen LogP contribution is -2.05. The van der Waals surface area contributed by atoms with E-state index in [1.54, 1.807) is 0 Å². The minimum absolute atomic E-state index is 0.658. The predicted octanol–water partition coefficient (Wildman–Crippen LogP) is 2.93. The third-order valence-electron chi connectivity index (χ3n) is 3.18. The summed E-state index contributed by atoms with van der Waals surface area (Å²) in [5.74, 6) is 0. The van der Waals surface area contributed by atoms with Gasteiger partial charge in [0.1, 0.15) is 0 Å². The molecule has 0 saturated heterocycles. The maximum absolute atomic E-state index is 5.61. The van der Waals surface area contributed by atoms with Crippen molar-refractivity contribution in [3.05, 3.63) is 41.0 Å². The van der Waals surface area contributed by atoms with Crippen molar-refractivity contribution in [1.29, 1.82) is 0 Å². The van der Waals surface area contributed by atoms with Crippen molar-refractivity contribution in [1.82, 2.24) is 0 Å². The highest BCUT2D eigenvalue weighted by molar-refractivity contribution is 5.70. The molecule has 0 unspecified atom stereocenters. The van der Waals surface area contributed by atoms with Crippen molar-refractivity contribution < 1.29 is 0 Å². The van der Waals surface area contributed by atoms with E-state index < -0.39 is 0 Å². The molecule has 2 N–H and O–H groups in total. The Morgan fingerprint density at radius 2 is 2.20 bits per heavy atom. The van der Waals surface area contributed by atoms with Crippen LogP contribution in [0, 0.1) is 0 Å². The molecule has 2 rings (SSSR count). The van der Waals surface area contributed by atoms with E-state index in [-0.39, 0.29) is 0 Å². The zero-order valence-electron chi connectivity index (χ0n) is 9.42. The highest BCUT2D eigenvalue weighted by Crippen LogP contribution is 2.31. The Morgan fingerprint density at radius 3 is 2.93 bits per heavy atom. The lowest BCUT2D eigenvalue weighted by atomic mass is 9.86. The average molecular weight is 201 g/mol. The van der Waals surface area contributed by atoms with E-state index in [4.69, 9.17) is 5.73 Å². The fourth-order valence-corrected chi connectivity index (χ4v) is 2.32. The highest BCUT2D eigenvalue weighted by Gasteiger charge is 2.13. The molecule has 0 aliphatic heterocycles. The van der Waals surface area contributed by atoms with E-state index in [9.17, 15) is 0 Å². The largest absolute Gasteiger partial charge is 0.327 e. The van der Waals surface area contributed by atoms with Gasteiger partial charge in [0.2, 0.25) is 0 Å². The zero-order chi connectivity index (χ0) is 10.7. The summed E-state index contributed by atoms with van der Waals surface area (Å²) in [5.41, 5.74) is 11.4. The third kappa shape index (κ3) is 2.13. The van der Waals surface area contributed by atoms with E-state index in [0.29, 0.717) is 6.54 Å². The van der Waals surface area contributed by atoms with E-state index in [1.807, 2.05) is 0 Å². The van der Waals surface area contributed by atoms with Crippen molar-refractivity contribution >= 4 is 5.57 Å². The Balaban J connectivity index is 2.44. The Bertz CT molecular complexity index is 377. The summed E-state index contributed by atoms with van der Waals surface area (Å²) in [7, 11) is 0. The molecule has 0 radical (unpaired) electrons. The minimum Gasteiger partial charge on any atom is -0.327 e. The van der Waals surface area contributed by atoms with Crippen LogP contribution in [0.15, 0.2) is 24.3 Å². The topological polar surface area (TPSA) is 26.0 Å². The van der Waals surface area contributed by atoms with Gasteiger partial charge in [-0.15, -0.1) is 0 Å². The fourth-order valence-electron chi connectivity index (χ4n) is 2.32. The lowest BCUT2D eigenvalue weighted by molar-refractivity contribution is 0.818. The molecule has 1 aliphatic rings. The molecule has 80 valence electrons. The Kier molecular flexibility index (Phi) is 3.22. The van der Waals surface area contributed by atoms with Gasteiger partial charge in [0, 0.05) is 6.54 Å². The van der Waals surface area contributed by atoms with E-state index >= 15 is 0 Å². The molecule has 0 heterocycles. The molecule has 1 aromatic rings. The molecule has 1 aliphatic carbocycles. The van der Waals surface area contributed by atoms with Crippen LogP contribution >= 0.6 is 0 Å². The van der Waals surface area contributed by atoms with Crippen molar-refractivity contribution in [2.75, 3.05) is 6.54 Å². The molecule has 0 atom stereocenters. The van der Waals surface area contributed by atoms with Gasteiger partial charge in [0.15, 0.2) is 0 Å². The number of allylic oxidation sites excluding steroid dienone is 1. The van der Waals surface area contributed by atoms with Crippen LogP contribution in [0.2, 0.25) is 0 Å². The summed E-state index contributed by atoms with van der Waals surface area (Å²) < 4.78 is 0.